The fraction of sp³-hybridized carbons (Fsp3) is 0.333. The second kappa shape index (κ2) is 3.85. The Kier molecular flexibility index (Phi) is 2.28. The number of carbonyl (C=O) groups is 1. The minimum Gasteiger partial charge on any atom is -0.550 e. The molecule has 4 aliphatic rings. The van der Waals surface area contributed by atoms with E-state index in [-0.39, 0.29) is 0 Å². The maximum atomic E-state index is 11.3. The molecule has 0 fully saturated rings. The molecule has 2 N–H and O–H groups in total. The largest absolute Gasteiger partial charge is 0.550 e. The minimum atomic E-state index is -1.04. The van der Waals surface area contributed by atoms with Crippen molar-refractivity contribution in [2.75, 3.05) is 6.54 Å². The normalized spacial score (nSPS) is 38.9. The molecule has 108 valence electrons. The third kappa shape index (κ3) is 1.45. The maximum absolute atomic E-state index is 11.3. The van der Waals surface area contributed by atoms with Crippen molar-refractivity contribution < 1.29 is 14.4 Å². The number of carboxylic acid groups (broad SMARTS) is 1. The van der Waals surface area contributed by atoms with Crippen molar-refractivity contribution in [3.05, 3.63) is 47.7 Å². The lowest BCUT2D eigenvalue weighted by molar-refractivity contribution is -0.769. The van der Waals surface area contributed by atoms with Crippen LogP contribution in [0, 0.1) is 5.92 Å². The lowest BCUT2D eigenvalue weighted by atomic mass is 9.83. The van der Waals surface area contributed by atoms with Crippen LogP contribution in [0.25, 0.3) is 0 Å². The van der Waals surface area contributed by atoms with E-state index in [1.54, 1.807) is 6.08 Å². The predicted octanol–water partition coefficient (Wildman–Crippen LogP) is -0.340. The maximum Gasteiger partial charge on any atom is 0.231 e. The summed E-state index contributed by atoms with van der Waals surface area (Å²) in [6.07, 6.45) is 11.9. The van der Waals surface area contributed by atoms with Crippen LogP contribution < -0.4 is 15.7 Å². The third-order valence-corrected chi connectivity index (χ3v) is 4.67. The molecular weight excluding hydrogens is 268 g/mol. The number of aliphatic imine (C=N–C) groups is 1. The van der Waals surface area contributed by atoms with Gasteiger partial charge in [0, 0.05) is 23.2 Å². The summed E-state index contributed by atoms with van der Waals surface area (Å²) in [6, 6.07) is 0. The molecule has 3 atom stereocenters. The second-order valence-corrected chi connectivity index (χ2v) is 5.93. The van der Waals surface area contributed by atoms with Gasteiger partial charge in [0.05, 0.1) is 11.9 Å². The molecule has 6 heteroatoms. The van der Waals surface area contributed by atoms with Crippen molar-refractivity contribution in [2.45, 2.75) is 19.0 Å². The molecule has 0 amide bonds. The highest BCUT2D eigenvalue weighted by Gasteiger charge is 2.60. The number of aliphatic carboxylic acids is 1. The van der Waals surface area contributed by atoms with Crippen molar-refractivity contribution in [3.8, 4) is 0 Å². The van der Waals surface area contributed by atoms with Gasteiger partial charge in [0.1, 0.15) is 18.9 Å². The first kappa shape index (κ1) is 12.4. The van der Waals surface area contributed by atoms with E-state index in [2.05, 4.69) is 21.8 Å². The number of carbonyl (C=O) groups excluding carboxylic acids is 1. The topological polar surface area (TPSA) is 76.5 Å². The fourth-order valence-corrected chi connectivity index (χ4v) is 3.75. The van der Waals surface area contributed by atoms with Gasteiger partial charge in [0.2, 0.25) is 5.66 Å². The number of rotatable bonds is 1. The van der Waals surface area contributed by atoms with Gasteiger partial charge in [-0.1, -0.05) is 6.08 Å². The second-order valence-electron chi connectivity index (χ2n) is 5.93. The number of quaternary nitrogens is 1. The Morgan fingerprint density at radius 3 is 3.24 bits per heavy atom. The molecule has 0 aromatic heterocycles. The Morgan fingerprint density at radius 2 is 2.43 bits per heavy atom. The summed E-state index contributed by atoms with van der Waals surface area (Å²) < 4.78 is 0.457. The van der Waals surface area contributed by atoms with Gasteiger partial charge in [-0.15, -0.1) is 0 Å². The Balaban J connectivity index is 1.87. The van der Waals surface area contributed by atoms with Crippen LogP contribution in [0.5, 0.6) is 0 Å². The summed E-state index contributed by atoms with van der Waals surface area (Å²) in [5.74, 6) is -1.63. The van der Waals surface area contributed by atoms with Crippen molar-refractivity contribution in [2.24, 2.45) is 10.9 Å². The number of hydrogen-bond acceptors (Lipinski definition) is 5. The lowest BCUT2D eigenvalue weighted by Gasteiger charge is -2.39. The van der Waals surface area contributed by atoms with Crippen LogP contribution in [0.15, 0.2) is 52.7 Å². The van der Waals surface area contributed by atoms with E-state index < -0.39 is 17.6 Å². The number of hydrogen-bond donors (Lipinski definition) is 2. The highest BCUT2D eigenvalue weighted by atomic mass is 16.4. The summed E-state index contributed by atoms with van der Waals surface area (Å²) in [5.41, 5.74) is 2.61. The molecule has 21 heavy (non-hydrogen) atoms. The first-order chi connectivity index (χ1) is 10.1. The van der Waals surface area contributed by atoms with Gasteiger partial charge in [-0.2, -0.15) is 4.48 Å². The van der Waals surface area contributed by atoms with Crippen LogP contribution in [-0.4, -0.2) is 29.0 Å². The fourth-order valence-electron chi connectivity index (χ4n) is 3.75. The van der Waals surface area contributed by atoms with Crippen LogP contribution in [0.3, 0.4) is 0 Å². The minimum absolute atomic E-state index is 0.431. The molecule has 1 aliphatic carbocycles. The molecule has 0 aromatic rings. The zero-order valence-electron chi connectivity index (χ0n) is 11.7. The molecule has 0 saturated heterocycles. The van der Waals surface area contributed by atoms with Gasteiger partial charge in [0.25, 0.3) is 0 Å². The summed E-state index contributed by atoms with van der Waals surface area (Å²) >= 11 is 0. The summed E-state index contributed by atoms with van der Waals surface area (Å²) in [4.78, 5) is 15.7. The van der Waals surface area contributed by atoms with E-state index in [0.717, 1.165) is 17.0 Å². The molecule has 0 spiro atoms. The Hall–Kier alpha value is -2.34. The summed E-state index contributed by atoms with van der Waals surface area (Å²) in [7, 11) is 0. The average Bonchev–Trinajstić information content (AvgIpc) is 2.86. The van der Waals surface area contributed by atoms with Crippen molar-refractivity contribution in [1.29, 1.82) is 0 Å². The van der Waals surface area contributed by atoms with Gasteiger partial charge in [-0.05, 0) is 19.4 Å². The molecule has 0 saturated carbocycles. The first-order valence-corrected chi connectivity index (χ1v) is 7.00. The van der Waals surface area contributed by atoms with E-state index >= 15 is 0 Å². The Labute approximate surface area is 122 Å². The zero-order chi connectivity index (χ0) is 14.7. The quantitative estimate of drug-likeness (QED) is 0.646. The molecule has 0 radical (unpaired) electrons. The van der Waals surface area contributed by atoms with Gasteiger partial charge in [-0.25, -0.2) is 4.99 Å². The van der Waals surface area contributed by atoms with Crippen molar-refractivity contribution >= 4 is 12.3 Å². The average molecular weight is 284 g/mol. The van der Waals surface area contributed by atoms with E-state index in [0.29, 0.717) is 17.4 Å². The summed E-state index contributed by atoms with van der Waals surface area (Å²) in [5, 5.41) is 18.1. The molecule has 0 aromatic carbocycles. The third-order valence-electron chi connectivity index (χ3n) is 4.67. The molecule has 3 aliphatic heterocycles. The number of nitrogens with one attached hydrogen (secondary N) is 2. The van der Waals surface area contributed by atoms with Gasteiger partial charge < -0.3 is 20.5 Å². The van der Waals surface area contributed by atoms with Crippen LogP contribution in [0.2, 0.25) is 0 Å². The zero-order valence-corrected chi connectivity index (χ0v) is 11.7. The van der Waals surface area contributed by atoms with Crippen LogP contribution in [0.4, 0.5) is 0 Å². The molecule has 6 nitrogen and oxygen atoms in total. The molecule has 4 rings (SSSR count). The smallest absolute Gasteiger partial charge is 0.231 e. The standard InChI is InChI=1S/C15H16N4O2/c1-10-7-19-5-4-17-13-3-2-11(14(20)21)6-12(13)15(19,18-10)8-16-9-19/h2-5,7,9,11,17-18H,6,8H2,1H3. The lowest BCUT2D eigenvalue weighted by Crippen LogP contribution is -2.61. The van der Waals surface area contributed by atoms with E-state index in [4.69, 9.17) is 0 Å². The Morgan fingerprint density at radius 1 is 1.57 bits per heavy atom. The molecule has 3 heterocycles. The van der Waals surface area contributed by atoms with Crippen molar-refractivity contribution in [3.63, 3.8) is 0 Å². The number of carboxylic acids is 1. The van der Waals surface area contributed by atoms with Gasteiger partial charge in [-0.3, -0.25) is 0 Å². The van der Waals surface area contributed by atoms with Crippen LogP contribution in [-0.2, 0) is 4.79 Å². The number of allylic oxidation sites excluding steroid dienone is 2. The molecular formula is C15H16N4O2. The summed E-state index contributed by atoms with van der Waals surface area (Å²) in [6.45, 7) is 2.60. The first-order valence-electron chi connectivity index (χ1n) is 7.00. The van der Waals surface area contributed by atoms with E-state index in [1.807, 2.05) is 31.7 Å². The molecule has 0 bridgehead atoms. The highest BCUT2D eigenvalue weighted by molar-refractivity contribution is 5.72. The highest BCUT2D eigenvalue weighted by Crippen LogP contribution is 2.45. The monoisotopic (exact) mass is 284 g/mol. The van der Waals surface area contributed by atoms with Crippen molar-refractivity contribution in [1.82, 2.24) is 10.6 Å². The number of nitrogens with zero attached hydrogens (tertiary/aromatic N) is 2. The van der Waals surface area contributed by atoms with E-state index in [9.17, 15) is 9.90 Å². The van der Waals surface area contributed by atoms with Crippen LogP contribution in [0.1, 0.15) is 13.3 Å². The SMILES string of the molecule is CC1=C[N+]23C=CNC4=C(CC(C(=O)[O-])C=C4)C2(CN=C3)N1. The van der Waals surface area contributed by atoms with Crippen LogP contribution >= 0.6 is 0 Å². The van der Waals surface area contributed by atoms with E-state index in [1.165, 1.54) is 0 Å². The van der Waals surface area contributed by atoms with Gasteiger partial charge in [0.15, 0.2) is 6.34 Å². The molecule has 3 unspecified atom stereocenters. The Bertz CT molecular complexity index is 688. The van der Waals surface area contributed by atoms with Gasteiger partial charge >= 0.3 is 0 Å². The predicted molar refractivity (Wildman–Crippen MR) is 74.8 cm³/mol.